The summed E-state index contributed by atoms with van der Waals surface area (Å²) in [6.45, 7) is 1.98. The molecule has 1 aliphatic carbocycles. The molecule has 0 saturated carbocycles. The normalized spacial score (nSPS) is 13.4. The smallest absolute Gasteiger partial charge is 0.193 e. The summed E-state index contributed by atoms with van der Waals surface area (Å²) < 4.78 is 0.947. The molecule has 0 aliphatic heterocycles. The van der Waals surface area contributed by atoms with Crippen LogP contribution in [0.3, 0.4) is 0 Å². The van der Waals surface area contributed by atoms with Crippen LogP contribution in [0.1, 0.15) is 39.0 Å². The molecular formula is C17H15BrO. The highest BCUT2D eigenvalue weighted by atomic mass is 79.9. The third-order valence-electron chi connectivity index (χ3n) is 3.80. The van der Waals surface area contributed by atoms with Crippen molar-refractivity contribution in [1.29, 1.82) is 0 Å². The number of rotatable bonds is 2. The second-order valence-corrected chi connectivity index (χ2v) is 6.04. The van der Waals surface area contributed by atoms with E-state index in [0.717, 1.165) is 34.0 Å². The van der Waals surface area contributed by atoms with Gasteiger partial charge in [-0.2, -0.15) is 0 Å². The van der Waals surface area contributed by atoms with Crippen molar-refractivity contribution in [3.05, 3.63) is 68.7 Å². The molecule has 0 fully saturated rings. The summed E-state index contributed by atoms with van der Waals surface area (Å²) in [7, 11) is 0. The molecular weight excluding hydrogens is 300 g/mol. The minimum atomic E-state index is 0.119. The number of benzene rings is 2. The fourth-order valence-corrected chi connectivity index (χ4v) is 3.07. The van der Waals surface area contributed by atoms with E-state index in [9.17, 15) is 4.79 Å². The first-order valence-corrected chi connectivity index (χ1v) is 7.37. The molecule has 1 aliphatic rings. The fourth-order valence-electron chi connectivity index (χ4n) is 2.71. The summed E-state index contributed by atoms with van der Waals surface area (Å²) in [5.41, 5.74) is 5.36. The Labute approximate surface area is 121 Å². The van der Waals surface area contributed by atoms with Gasteiger partial charge in [0.1, 0.15) is 0 Å². The van der Waals surface area contributed by atoms with Gasteiger partial charge in [0.25, 0.3) is 0 Å². The number of hydrogen-bond donors (Lipinski definition) is 0. The SMILES string of the molecule is Cc1ccc(Br)cc1C(=O)c1ccc2c(c1)CCC2. The van der Waals surface area contributed by atoms with Crippen molar-refractivity contribution >= 4 is 21.7 Å². The number of ketones is 1. The summed E-state index contributed by atoms with van der Waals surface area (Å²) in [6, 6.07) is 12.0. The highest BCUT2D eigenvalue weighted by molar-refractivity contribution is 9.10. The van der Waals surface area contributed by atoms with Crippen LogP contribution in [-0.4, -0.2) is 5.78 Å². The third kappa shape index (κ3) is 2.37. The first-order valence-electron chi connectivity index (χ1n) is 6.58. The molecule has 0 saturated heterocycles. The van der Waals surface area contributed by atoms with Gasteiger partial charge < -0.3 is 0 Å². The van der Waals surface area contributed by atoms with E-state index in [-0.39, 0.29) is 5.78 Å². The molecule has 0 heterocycles. The Hall–Kier alpha value is -1.41. The van der Waals surface area contributed by atoms with E-state index in [1.165, 1.54) is 17.5 Å². The first kappa shape index (κ1) is 12.6. The standard InChI is InChI=1S/C17H15BrO/c1-11-5-8-15(18)10-16(11)17(19)14-7-6-12-3-2-4-13(12)9-14/h5-10H,2-4H2,1H3. The number of fused-ring (bicyclic) bond motifs is 1. The predicted octanol–water partition coefficient (Wildman–Crippen LogP) is 4.48. The average Bonchev–Trinajstić information content (AvgIpc) is 2.88. The Morgan fingerprint density at radius 3 is 2.68 bits per heavy atom. The second kappa shape index (κ2) is 4.93. The summed E-state index contributed by atoms with van der Waals surface area (Å²) in [5, 5.41) is 0. The number of carbonyl (C=O) groups excluding carboxylic acids is 1. The van der Waals surface area contributed by atoms with Crippen LogP contribution in [-0.2, 0) is 12.8 Å². The van der Waals surface area contributed by atoms with Crippen LogP contribution in [0.2, 0.25) is 0 Å². The molecule has 3 rings (SSSR count). The van der Waals surface area contributed by atoms with Crippen LogP contribution in [0.15, 0.2) is 40.9 Å². The van der Waals surface area contributed by atoms with Crippen molar-refractivity contribution < 1.29 is 4.79 Å². The summed E-state index contributed by atoms with van der Waals surface area (Å²) >= 11 is 3.43. The van der Waals surface area contributed by atoms with Crippen molar-refractivity contribution in [2.75, 3.05) is 0 Å². The largest absolute Gasteiger partial charge is 0.289 e. The van der Waals surface area contributed by atoms with Crippen molar-refractivity contribution in [3.63, 3.8) is 0 Å². The number of carbonyl (C=O) groups is 1. The van der Waals surface area contributed by atoms with E-state index in [1.54, 1.807) is 0 Å². The minimum absolute atomic E-state index is 0.119. The Bertz CT molecular complexity index is 658. The molecule has 0 radical (unpaired) electrons. The van der Waals surface area contributed by atoms with E-state index in [1.807, 2.05) is 31.2 Å². The lowest BCUT2D eigenvalue weighted by atomic mass is 9.97. The van der Waals surface area contributed by atoms with Crippen LogP contribution < -0.4 is 0 Å². The van der Waals surface area contributed by atoms with Gasteiger partial charge in [0.05, 0.1) is 0 Å². The zero-order valence-corrected chi connectivity index (χ0v) is 12.5. The van der Waals surface area contributed by atoms with E-state index in [0.29, 0.717) is 0 Å². The van der Waals surface area contributed by atoms with Crippen molar-refractivity contribution in [2.24, 2.45) is 0 Å². The van der Waals surface area contributed by atoms with Crippen LogP contribution in [0.25, 0.3) is 0 Å². The molecule has 0 aromatic heterocycles. The zero-order chi connectivity index (χ0) is 13.4. The van der Waals surface area contributed by atoms with Crippen LogP contribution in [0.5, 0.6) is 0 Å². The van der Waals surface area contributed by atoms with Gasteiger partial charge in [-0.05, 0) is 61.1 Å². The van der Waals surface area contributed by atoms with Gasteiger partial charge in [-0.3, -0.25) is 4.79 Å². The third-order valence-corrected chi connectivity index (χ3v) is 4.30. The summed E-state index contributed by atoms with van der Waals surface area (Å²) in [4.78, 5) is 12.6. The van der Waals surface area contributed by atoms with Crippen molar-refractivity contribution in [1.82, 2.24) is 0 Å². The maximum Gasteiger partial charge on any atom is 0.193 e. The lowest BCUT2D eigenvalue weighted by molar-refractivity contribution is 0.103. The number of hydrogen-bond acceptors (Lipinski definition) is 1. The lowest BCUT2D eigenvalue weighted by Gasteiger charge is -2.07. The van der Waals surface area contributed by atoms with Gasteiger partial charge in [0.15, 0.2) is 5.78 Å². The number of halogens is 1. The molecule has 0 unspecified atom stereocenters. The Morgan fingerprint density at radius 2 is 1.84 bits per heavy atom. The van der Waals surface area contributed by atoms with Gasteiger partial charge in [0.2, 0.25) is 0 Å². The molecule has 0 amide bonds. The molecule has 96 valence electrons. The Morgan fingerprint density at radius 1 is 1.05 bits per heavy atom. The molecule has 0 bridgehead atoms. The molecule has 1 nitrogen and oxygen atoms in total. The minimum Gasteiger partial charge on any atom is -0.289 e. The van der Waals surface area contributed by atoms with Gasteiger partial charge in [0, 0.05) is 15.6 Å². The molecule has 0 spiro atoms. The maximum atomic E-state index is 12.6. The molecule has 0 atom stereocenters. The van der Waals surface area contributed by atoms with E-state index < -0.39 is 0 Å². The highest BCUT2D eigenvalue weighted by Gasteiger charge is 2.16. The monoisotopic (exact) mass is 314 g/mol. The molecule has 19 heavy (non-hydrogen) atoms. The van der Waals surface area contributed by atoms with Gasteiger partial charge in [-0.1, -0.05) is 34.1 Å². The van der Waals surface area contributed by atoms with Crippen molar-refractivity contribution in [2.45, 2.75) is 26.2 Å². The van der Waals surface area contributed by atoms with Gasteiger partial charge in [-0.25, -0.2) is 0 Å². The lowest BCUT2D eigenvalue weighted by Crippen LogP contribution is -2.04. The molecule has 2 aromatic rings. The van der Waals surface area contributed by atoms with E-state index >= 15 is 0 Å². The molecule has 2 aromatic carbocycles. The second-order valence-electron chi connectivity index (χ2n) is 5.13. The van der Waals surface area contributed by atoms with Gasteiger partial charge in [-0.15, -0.1) is 0 Å². The fraction of sp³-hybridized carbons (Fsp3) is 0.235. The first-order chi connectivity index (χ1) is 9.15. The Kier molecular flexibility index (Phi) is 3.28. The van der Waals surface area contributed by atoms with Gasteiger partial charge >= 0.3 is 0 Å². The predicted molar refractivity (Wildman–Crippen MR) is 80.8 cm³/mol. The topological polar surface area (TPSA) is 17.1 Å². The highest BCUT2D eigenvalue weighted by Crippen LogP contribution is 2.25. The van der Waals surface area contributed by atoms with E-state index in [4.69, 9.17) is 0 Å². The van der Waals surface area contributed by atoms with Crippen molar-refractivity contribution in [3.8, 4) is 0 Å². The Balaban J connectivity index is 2.02. The number of aryl methyl sites for hydroxylation is 3. The molecule has 2 heteroatoms. The van der Waals surface area contributed by atoms with Crippen LogP contribution in [0, 0.1) is 6.92 Å². The maximum absolute atomic E-state index is 12.6. The molecule has 0 N–H and O–H groups in total. The summed E-state index contributed by atoms with van der Waals surface area (Å²) in [6.07, 6.45) is 3.47. The zero-order valence-electron chi connectivity index (χ0n) is 10.9. The van der Waals surface area contributed by atoms with Crippen LogP contribution in [0.4, 0.5) is 0 Å². The van der Waals surface area contributed by atoms with Crippen LogP contribution >= 0.6 is 15.9 Å². The average molecular weight is 315 g/mol. The quantitative estimate of drug-likeness (QED) is 0.747. The van der Waals surface area contributed by atoms with E-state index in [2.05, 4.69) is 28.1 Å². The summed E-state index contributed by atoms with van der Waals surface area (Å²) in [5.74, 6) is 0.119.